The SMILES string of the molecule is CC/C(=C(\c1ccc(OCOC(=O)C(C)(C)C)cc1)c1ccc(OCC(O)CNCC2CCCCC2)cc1)c1ccccc1. The lowest BCUT2D eigenvalue weighted by Gasteiger charge is -2.22. The van der Waals surface area contributed by atoms with Crippen LogP contribution < -0.4 is 14.8 Å². The summed E-state index contributed by atoms with van der Waals surface area (Å²) in [7, 11) is 0. The van der Waals surface area contributed by atoms with Gasteiger partial charge in [-0.25, -0.2) is 0 Å². The number of allylic oxidation sites excluding steroid dienone is 1. The number of esters is 1. The highest BCUT2D eigenvalue weighted by Gasteiger charge is 2.23. The molecule has 3 aromatic carbocycles. The summed E-state index contributed by atoms with van der Waals surface area (Å²) in [5, 5.41) is 13.9. The van der Waals surface area contributed by atoms with Crippen molar-refractivity contribution >= 4 is 17.1 Å². The number of rotatable bonds is 14. The second kappa shape index (κ2) is 16.5. The Morgan fingerprint density at radius 3 is 2.00 bits per heavy atom. The quantitative estimate of drug-likeness (QED) is 0.111. The molecule has 0 aromatic heterocycles. The second-order valence-electron chi connectivity index (χ2n) is 12.7. The van der Waals surface area contributed by atoms with Crippen molar-refractivity contribution in [2.24, 2.45) is 11.3 Å². The average molecular weight is 600 g/mol. The summed E-state index contributed by atoms with van der Waals surface area (Å²) in [5.41, 5.74) is 5.07. The van der Waals surface area contributed by atoms with E-state index in [4.69, 9.17) is 14.2 Å². The smallest absolute Gasteiger partial charge is 0.314 e. The van der Waals surface area contributed by atoms with Crippen molar-refractivity contribution in [1.29, 1.82) is 0 Å². The molecular weight excluding hydrogens is 550 g/mol. The van der Waals surface area contributed by atoms with Gasteiger partial charge in [0.05, 0.1) is 5.41 Å². The molecule has 0 radical (unpaired) electrons. The van der Waals surface area contributed by atoms with E-state index in [1.165, 1.54) is 43.2 Å². The Balaban J connectivity index is 1.44. The van der Waals surface area contributed by atoms with Crippen LogP contribution in [0.25, 0.3) is 11.1 Å². The molecule has 6 heteroatoms. The highest BCUT2D eigenvalue weighted by Crippen LogP contribution is 2.35. The fraction of sp³-hybridized carbons (Fsp3) is 0.447. The van der Waals surface area contributed by atoms with Gasteiger partial charge in [0.1, 0.15) is 24.2 Å². The van der Waals surface area contributed by atoms with Crippen molar-refractivity contribution in [3.8, 4) is 11.5 Å². The molecule has 0 bridgehead atoms. The highest BCUT2D eigenvalue weighted by atomic mass is 16.7. The molecule has 0 amide bonds. The molecule has 3 aromatic rings. The standard InChI is InChI=1S/C38H49NO5/c1-5-35(29-14-10-7-11-15-29)36(31-18-22-34(23-19-31)43-27-44-37(41)38(2,3)4)30-16-20-33(21-17-30)42-26-32(40)25-39-24-28-12-8-6-9-13-28/h7,10-11,14-23,28,32,39-40H,5-6,8-9,12-13,24-27H2,1-4H3/b36-35+. The first-order chi connectivity index (χ1) is 21.2. The zero-order valence-electron chi connectivity index (χ0n) is 26.8. The van der Waals surface area contributed by atoms with E-state index in [1.54, 1.807) is 0 Å². The molecule has 1 fully saturated rings. The Labute approximate surface area is 263 Å². The molecule has 2 N–H and O–H groups in total. The molecule has 236 valence electrons. The average Bonchev–Trinajstić information content (AvgIpc) is 3.04. The van der Waals surface area contributed by atoms with Gasteiger partial charge >= 0.3 is 5.97 Å². The molecule has 4 rings (SSSR count). The largest absolute Gasteiger partial charge is 0.491 e. The topological polar surface area (TPSA) is 77.0 Å². The summed E-state index contributed by atoms with van der Waals surface area (Å²) >= 11 is 0. The number of carbonyl (C=O) groups is 1. The van der Waals surface area contributed by atoms with Crippen LogP contribution in [0.15, 0.2) is 78.9 Å². The predicted molar refractivity (Wildman–Crippen MR) is 178 cm³/mol. The molecule has 1 atom stereocenters. The van der Waals surface area contributed by atoms with E-state index in [-0.39, 0.29) is 19.4 Å². The molecule has 1 aliphatic carbocycles. The number of benzene rings is 3. The zero-order chi connectivity index (χ0) is 31.4. The van der Waals surface area contributed by atoms with Crippen LogP contribution in [0.1, 0.15) is 82.9 Å². The number of hydrogen-bond donors (Lipinski definition) is 2. The van der Waals surface area contributed by atoms with Crippen molar-refractivity contribution in [3.05, 3.63) is 95.6 Å². The van der Waals surface area contributed by atoms with E-state index in [1.807, 2.05) is 63.2 Å². The minimum Gasteiger partial charge on any atom is -0.491 e. The van der Waals surface area contributed by atoms with Gasteiger partial charge in [0.15, 0.2) is 0 Å². The number of ether oxygens (including phenoxy) is 3. The van der Waals surface area contributed by atoms with Crippen molar-refractivity contribution in [2.75, 3.05) is 26.5 Å². The van der Waals surface area contributed by atoms with Gasteiger partial charge in [0.25, 0.3) is 0 Å². The molecule has 0 aliphatic heterocycles. The van der Waals surface area contributed by atoms with Gasteiger partial charge in [-0.2, -0.15) is 0 Å². The summed E-state index contributed by atoms with van der Waals surface area (Å²) in [6.07, 6.45) is 6.87. The summed E-state index contributed by atoms with van der Waals surface area (Å²) < 4.78 is 16.9. The van der Waals surface area contributed by atoms with Crippen molar-refractivity contribution in [3.63, 3.8) is 0 Å². The lowest BCUT2D eigenvalue weighted by atomic mass is 9.88. The fourth-order valence-electron chi connectivity index (χ4n) is 5.58. The van der Waals surface area contributed by atoms with Crippen LogP contribution in [0.5, 0.6) is 11.5 Å². The fourth-order valence-corrected chi connectivity index (χ4v) is 5.58. The Morgan fingerprint density at radius 2 is 1.43 bits per heavy atom. The van der Waals surface area contributed by atoms with Crippen LogP contribution in [0.2, 0.25) is 0 Å². The minimum absolute atomic E-state index is 0.130. The maximum Gasteiger partial charge on any atom is 0.314 e. The molecule has 44 heavy (non-hydrogen) atoms. The summed E-state index contributed by atoms with van der Waals surface area (Å²) in [6, 6.07) is 26.4. The summed E-state index contributed by atoms with van der Waals surface area (Å²) in [6.45, 7) is 9.24. The van der Waals surface area contributed by atoms with E-state index >= 15 is 0 Å². The molecule has 0 saturated heterocycles. The van der Waals surface area contributed by atoms with Gasteiger partial charge in [-0.05, 0) is 105 Å². The second-order valence-corrected chi connectivity index (χ2v) is 12.7. The maximum atomic E-state index is 12.1. The normalized spacial score (nSPS) is 15.3. The predicted octanol–water partition coefficient (Wildman–Crippen LogP) is 7.89. The van der Waals surface area contributed by atoms with E-state index in [2.05, 4.69) is 48.6 Å². The molecule has 0 heterocycles. The van der Waals surface area contributed by atoms with Crippen LogP contribution in [-0.2, 0) is 9.53 Å². The first-order valence-electron chi connectivity index (χ1n) is 16.1. The Kier molecular flexibility index (Phi) is 12.5. The summed E-state index contributed by atoms with van der Waals surface area (Å²) in [4.78, 5) is 12.1. The van der Waals surface area contributed by atoms with Crippen LogP contribution in [0, 0.1) is 11.3 Å². The third kappa shape index (κ3) is 9.96. The maximum absolute atomic E-state index is 12.1. The van der Waals surface area contributed by atoms with Gasteiger partial charge in [-0.3, -0.25) is 4.79 Å². The van der Waals surface area contributed by atoms with Crippen molar-refractivity contribution < 1.29 is 24.1 Å². The molecule has 1 unspecified atom stereocenters. The van der Waals surface area contributed by atoms with Crippen molar-refractivity contribution in [1.82, 2.24) is 5.32 Å². The van der Waals surface area contributed by atoms with Crippen molar-refractivity contribution in [2.45, 2.75) is 72.3 Å². The lowest BCUT2D eigenvalue weighted by molar-refractivity contribution is -0.159. The third-order valence-electron chi connectivity index (χ3n) is 8.07. The number of hydrogen-bond acceptors (Lipinski definition) is 6. The van der Waals surface area contributed by atoms with Gasteiger partial charge in [0.2, 0.25) is 6.79 Å². The highest BCUT2D eigenvalue weighted by molar-refractivity contribution is 5.98. The number of carbonyl (C=O) groups excluding carboxylic acids is 1. The van der Waals surface area contributed by atoms with Crippen LogP contribution in [0.3, 0.4) is 0 Å². The number of nitrogens with one attached hydrogen (secondary N) is 1. The monoisotopic (exact) mass is 599 g/mol. The van der Waals surface area contributed by atoms with Gasteiger partial charge < -0.3 is 24.6 Å². The van der Waals surface area contributed by atoms with E-state index < -0.39 is 11.5 Å². The number of aliphatic hydroxyl groups excluding tert-OH is 1. The molecule has 1 aliphatic rings. The lowest BCUT2D eigenvalue weighted by Crippen LogP contribution is -2.34. The van der Waals surface area contributed by atoms with Gasteiger partial charge in [-0.1, -0.05) is 80.8 Å². The molecule has 1 saturated carbocycles. The van der Waals surface area contributed by atoms with Gasteiger partial charge in [0, 0.05) is 6.54 Å². The minimum atomic E-state index is -0.577. The Hall–Kier alpha value is -3.61. The van der Waals surface area contributed by atoms with E-state index in [0.29, 0.717) is 12.3 Å². The first-order valence-corrected chi connectivity index (χ1v) is 16.1. The first kappa shape index (κ1) is 33.3. The molecule has 6 nitrogen and oxygen atoms in total. The molecule has 0 spiro atoms. The Morgan fingerprint density at radius 1 is 0.841 bits per heavy atom. The van der Waals surface area contributed by atoms with E-state index in [9.17, 15) is 9.90 Å². The van der Waals surface area contributed by atoms with Crippen LogP contribution in [-0.4, -0.2) is 43.7 Å². The zero-order valence-corrected chi connectivity index (χ0v) is 26.8. The van der Waals surface area contributed by atoms with Crippen LogP contribution >= 0.6 is 0 Å². The Bertz CT molecular complexity index is 1320. The van der Waals surface area contributed by atoms with Gasteiger partial charge in [-0.15, -0.1) is 0 Å². The summed E-state index contributed by atoms with van der Waals surface area (Å²) in [5.74, 6) is 1.79. The van der Waals surface area contributed by atoms with Crippen LogP contribution in [0.4, 0.5) is 0 Å². The molecular formula is C38H49NO5. The third-order valence-corrected chi connectivity index (χ3v) is 8.07. The van der Waals surface area contributed by atoms with E-state index in [0.717, 1.165) is 41.3 Å². The number of aliphatic hydroxyl groups is 1.